The molecule has 158 valence electrons. The zero-order valence-electron chi connectivity index (χ0n) is 17.3. The molecular formula is C22H25ClN4O2S. The van der Waals surface area contributed by atoms with Crippen LogP contribution in [0.5, 0.6) is 5.75 Å². The highest BCUT2D eigenvalue weighted by molar-refractivity contribution is 7.99. The molecule has 0 radical (unpaired) electrons. The van der Waals surface area contributed by atoms with Crippen LogP contribution in [0.15, 0.2) is 47.6 Å². The van der Waals surface area contributed by atoms with Gasteiger partial charge in [0, 0.05) is 24.2 Å². The smallest absolute Gasteiger partial charge is 0.234 e. The molecule has 1 heterocycles. The summed E-state index contributed by atoms with van der Waals surface area (Å²) in [6, 6.07) is 13.6. The summed E-state index contributed by atoms with van der Waals surface area (Å²) in [6.45, 7) is 1.92. The molecule has 0 aliphatic carbocycles. The number of aryl methyl sites for hydroxylation is 3. The van der Waals surface area contributed by atoms with Crippen LogP contribution in [-0.2, 0) is 24.7 Å². The number of nitrogens with zero attached hydrogens (tertiary/aromatic N) is 3. The van der Waals surface area contributed by atoms with Crippen molar-refractivity contribution in [3.05, 3.63) is 64.4 Å². The minimum atomic E-state index is -0.107. The number of thioether (sulfide) groups is 1. The van der Waals surface area contributed by atoms with E-state index in [-0.39, 0.29) is 11.7 Å². The van der Waals surface area contributed by atoms with Gasteiger partial charge in [-0.1, -0.05) is 41.6 Å². The lowest BCUT2D eigenvalue weighted by atomic mass is 10.1. The largest absolute Gasteiger partial charge is 0.497 e. The zero-order chi connectivity index (χ0) is 21.5. The van der Waals surface area contributed by atoms with Crippen molar-refractivity contribution in [2.45, 2.75) is 31.3 Å². The van der Waals surface area contributed by atoms with Gasteiger partial charge < -0.3 is 14.6 Å². The molecule has 0 aliphatic heterocycles. The molecule has 30 heavy (non-hydrogen) atoms. The van der Waals surface area contributed by atoms with Gasteiger partial charge in [0.2, 0.25) is 5.91 Å². The first-order valence-electron chi connectivity index (χ1n) is 9.66. The van der Waals surface area contributed by atoms with Crippen LogP contribution in [0.2, 0.25) is 5.02 Å². The van der Waals surface area contributed by atoms with Crippen molar-refractivity contribution in [3.63, 3.8) is 0 Å². The lowest BCUT2D eigenvalue weighted by Gasteiger charge is -2.07. The molecule has 1 amide bonds. The number of anilines is 1. The van der Waals surface area contributed by atoms with Crippen LogP contribution in [0.1, 0.15) is 23.4 Å². The molecule has 1 aromatic heterocycles. The highest BCUT2D eigenvalue weighted by Gasteiger charge is 2.12. The van der Waals surface area contributed by atoms with Crippen LogP contribution in [-0.4, -0.2) is 33.5 Å². The van der Waals surface area contributed by atoms with E-state index in [2.05, 4.69) is 27.6 Å². The summed E-state index contributed by atoms with van der Waals surface area (Å²) in [5, 5.41) is 12.7. The maximum absolute atomic E-state index is 12.2. The number of halogens is 1. The van der Waals surface area contributed by atoms with Crippen molar-refractivity contribution in [3.8, 4) is 5.75 Å². The fraction of sp³-hybridized carbons (Fsp3) is 0.318. The Hall–Kier alpha value is -2.51. The average molecular weight is 445 g/mol. The number of methoxy groups -OCH3 is 1. The van der Waals surface area contributed by atoms with Gasteiger partial charge in [-0.25, -0.2) is 0 Å². The number of aromatic nitrogens is 3. The molecule has 0 saturated carbocycles. The Labute approximate surface area is 186 Å². The number of hydrogen-bond donors (Lipinski definition) is 1. The van der Waals surface area contributed by atoms with E-state index in [1.165, 1.54) is 17.3 Å². The van der Waals surface area contributed by atoms with Crippen molar-refractivity contribution in [1.29, 1.82) is 0 Å². The predicted molar refractivity (Wildman–Crippen MR) is 122 cm³/mol. The van der Waals surface area contributed by atoms with E-state index in [1.807, 2.05) is 42.8 Å². The summed E-state index contributed by atoms with van der Waals surface area (Å²) in [5.74, 6) is 1.92. The maximum atomic E-state index is 12.2. The summed E-state index contributed by atoms with van der Waals surface area (Å²) in [7, 11) is 3.60. The Kier molecular flexibility index (Phi) is 7.76. The summed E-state index contributed by atoms with van der Waals surface area (Å²) in [5.41, 5.74) is 2.93. The fourth-order valence-corrected chi connectivity index (χ4v) is 3.84. The number of ether oxygens (including phenoxy) is 1. The number of amides is 1. The quantitative estimate of drug-likeness (QED) is 0.485. The SMILES string of the molecule is COc1ccc(CCCc2nnc(SCC(=O)Nc3ccc(C)c(Cl)c3)n2C)cc1. The van der Waals surface area contributed by atoms with Gasteiger partial charge in [-0.05, 0) is 55.2 Å². The molecule has 0 aliphatic rings. The molecule has 0 bridgehead atoms. The van der Waals surface area contributed by atoms with Gasteiger partial charge in [0.05, 0.1) is 12.9 Å². The van der Waals surface area contributed by atoms with Gasteiger partial charge in [-0.3, -0.25) is 4.79 Å². The Morgan fingerprint density at radius 3 is 2.63 bits per heavy atom. The van der Waals surface area contributed by atoms with Crippen molar-refractivity contribution in [1.82, 2.24) is 14.8 Å². The first-order chi connectivity index (χ1) is 14.5. The van der Waals surface area contributed by atoms with Crippen molar-refractivity contribution in [2.75, 3.05) is 18.2 Å². The third kappa shape index (κ3) is 6.00. The monoisotopic (exact) mass is 444 g/mol. The summed E-state index contributed by atoms with van der Waals surface area (Å²) in [4.78, 5) is 12.2. The van der Waals surface area contributed by atoms with Gasteiger partial charge in [-0.15, -0.1) is 10.2 Å². The van der Waals surface area contributed by atoms with E-state index in [0.717, 1.165) is 41.6 Å². The Morgan fingerprint density at radius 1 is 1.17 bits per heavy atom. The van der Waals surface area contributed by atoms with Crippen LogP contribution >= 0.6 is 23.4 Å². The van der Waals surface area contributed by atoms with Gasteiger partial charge >= 0.3 is 0 Å². The molecule has 0 unspecified atom stereocenters. The minimum Gasteiger partial charge on any atom is -0.497 e. The molecule has 0 saturated heterocycles. The van der Waals surface area contributed by atoms with E-state index < -0.39 is 0 Å². The number of carbonyl (C=O) groups excluding carboxylic acids is 1. The van der Waals surface area contributed by atoms with E-state index in [0.29, 0.717) is 10.7 Å². The molecule has 1 N–H and O–H groups in total. The first kappa shape index (κ1) is 22.2. The lowest BCUT2D eigenvalue weighted by Crippen LogP contribution is -2.14. The average Bonchev–Trinajstić information content (AvgIpc) is 3.09. The summed E-state index contributed by atoms with van der Waals surface area (Å²) < 4.78 is 7.14. The number of hydrogen-bond acceptors (Lipinski definition) is 5. The molecule has 6 nitrogen and oxygen atoms in total. The van der Waals surface area contributed by atoms with Gasteiger partial charge in [-0.2, -0.15) is 0 Å². The van der Waals surface area contributed by atoms with E-state index in [4.69, 9.17) is 16.3 Å². The molecule has 2 aromatic carbocycles. The van der Waals surface area contributed by atoms with Crippen LogP contribution in [0.3, 0.4) is 0 Å². The molecule has 8 heteroatoms. The van der Waals surface area contributed by atoms with Crippen LogP contribution in [0.25, 0.3) is 0 Å². The van der Waals surface area contributed by atoms with E-state index >= 15 is 0 Å². The molecule has 3 rings (SSSR count). The summed E-state index contributed by atoms with van der Waals surface area (Å²) >= 11 is 7.47. The van der Waals surface area contributed by atoms with Crippen LogP contribution in [0.4, 0.5) is 5.69 Å². The maximum Gasteiger partial charge on any atom is 0.234 e. The summed E-state index contributed by atoms with van der Waals surface area (Å²) in [6.07, 6.45) is 2.75. The Morgan fingerprint density at radius 2 is 1.93 bits per heavy atom. The van der Waals surface area contributed by atoms with Crippen molar-refractivity contribution < 1.29 is 9.53 Å². The topological polar surface area (TPSA) is 69.0 Å². The van der Waals surface area contributed by atoms with E-state index in [9.17, 15) is 4.79 Å². The predicted octanol–water partition coefficient (Wildman–Crippen LogP) is 4.69. The lowest BCUT2D eigenvalue weighted by molar-refractivity contribution is -0.113. The van der Waals surface area contributed by atoms with Crippen LogP contribution in [0, 0.1) is 6.92 Å². The van der Waals surface area contributed by atoms with Gasteiger partial charge in [0.1, 0.15) is 11.6 Å². The third-order valence-corrected chi connectivity index (χ3v) is 6.17. The number of rotatable bonds is 9. The highest BCUT2D eigenvalue weighted by Crippen LogP contribution is 2.21. The molecule has 0 spiro atoms. The molecule has 0 atom stereocenters. The highest BCUT2D eigenvalue weighted by atomic mass is 35.5. The molecule has 0 fully saturated rings. The number of carbonyl (C=O) groups is 1. The van der Waals surface area contributed by atoms with Crippen LogP contribution < -0.4 is 10.1 Å². The molecule has 3 aromatic rings. The Bertz CT molecular complexity index is 1000. The molecular weight excluding hydrogens is 420 g/mol. The van der Waals surface area contributed by atoms with Gasteiger partial charge in [0.15, 0.2) is 5.16 Å². The third-order valence-electron chi connectivity index (χ3n) is 4.74. The van der Waals surface area contributed by atoms with Crippen molar-refractivity contribution >= 4 is 35.0 Å². The fourth-order valence-electron chi connectivity index (χ4n) is 2.93. The minimum absolute atomic E-state index is 0.107. The second-order valence-corrected chi connectivity index (χ2v) is 8.31. The second-order valence-electron chi connectivity index (χ2n) is 6.96. The van der Waals surface area contributed by atoms with E-state index in [1.54, 1.807) is 13.2 Å². The Balaban J connectivity index is 1.47. The zero-order valence-corrected chi connectivity index (χ0v) is 18.9. The van der Waals surface area contributed by atoms with Gasteiger partial charge in [0.25, 0.3) is 0 Å². The number of nitrogens with one attached hydrogen (secondary N) is 1. The standard InChI is InChI=1S/C22H25ClN4O2S/c1-15-7-10-17(13-19(15)23)24-21(28)14-30-22-26-25-20(27(22)2)6-4-5-16-8-11-18(29-3)12-9-16/h7-13H,4-6,14H2,1-3H3,(H,24,28). The van der Waals surface area contributed by atoms with Crippen molar-refractivity contribution in [2.24, 2.45) is 7.05 Å². The second kappa shape index (κ2) is 10.5. The number of benzene rings is 2. The normalized spacial score (nSPS) is 10.8. The first-order valence-corrected chi connectivity index (χ1v) is 11.0.